The van der Waals surface area contributed by atoms with E-state index in [1.54, 1.807) is 6.07 Å². The molecule has 0 amide bonds. The first-order valence-corrected chi connectivity index (χ1v) is 9.25. The van der Waals surface area contributed by atoms with Crippen LogP contribution in [0.1, 0.15) is 61.3 Å². The number of nitrogens with one attached hydrogen (secondary N) is 2. The van der Waals surface area contributed by atoms with Gasteiger partial charge in [-0.05, 0) is 58.6 Å². The number of anilines is 1. The van der Waals surface area contributed by atoms with E-state index in [0.717, 1.165) is 52.3 Å². The Morgan fingerprint density at radius 3 is 2.63 bits per heavy atom. The Balaban J connectivity index is 1.88. The third kappa shape index (κ3) is 3.39. The van der Waals surface area contributed by atoms with Crippen LogP contribution in [0.2, 0.25) is 0 Å². The second kappa shape index (κ2) is 6.08. The number of carbonyl (C=O) groups is 1. The highest BCUT2D eigenvalue weighted by molar-refractivity contribution is 5.96. The molecule has 140 valence electrons. The van der Waals surface area contributed by atoms with Crippen molar-refractivity contribution in [3.8, 4) is 11.3 Å². The summed E-state index contributed by atoms with van der Waals surface area (Å²) in [5.41, 5.74) is 5.08. The number of aromatic carboxylic acids is 1. The second-order valence-corrected chi connectivity index (χ2v) is 8.30. The summed E-state index contributed by atoms with van der Waals surface area (Å²) in [6, 6.07) is 7.55. The summed E-state index contributed by atoms with van der Waals surface area (Å²) in [7, 11) is 0. The smallest absolute Gasteiger partial charge is 0.337 e. The van der Waals surface area contributed by atoms with Crippen LogP contribution in [0.5, 0.6) is 0 Å². The molecule has 3 aromatic rings. The molecule has 0 spiro atoms. The maximum Gasteiger partial charge on any atom is 0.337 e. The monoisotopic (exact) mass is 364 g/mol. The standard InChI is InChI=1S/C21H24N4O2/c1-11-19(25-21(2,3)4)24-18-13(6-5-7-15(18)22-11)16-10-14(20(26)27)17(23-16)12-8-9-12/h5-7,10,12,23H,8-9H2,1-4H3,(H,24,25)(H,26,27). The largest absolute Gasteiger partial charge is 0.478 e. The summed E-state index contributed by atoms with van der Waals surface area (Å²) in [6.45, 7) is 8.18. The third-order valence-corrected chi connectivity index (χ3v) is 4.72. The highest BCUT2D eigenvalue weighted by atomic mass is 16.4. The minimum absolute atomic E-state index is 0.135. The Kier molecular flexibility index (Phi) is 3.94. The Morgan fingerprint density at radius 1 is 1.26 bits per heavy atom. The van der Waals surface area contributed by atoms with Crippen molar-refractivity contribution in [2.24, 2.45) is 0 Å². The summed E-state index contributed by atoms with van der Waals surface area (Å²) in [6.07, 6.45) is 2.07. The van der Waals surface area contributed by atoms with Gasteiger partial charge in [-0.3, -0.25) is 0 Å². The molecule has 3 N–H and O–H groups in total. The molecule has 0 bridgehead atoms. The Hall–Kier alpha value is -2.89. The molecular weight excluding hydrogens is 340 g/mol. The number of hydrogen-bond acceptors (Lipinski definition) is 4. The van der Waals surface area contributed by atoms with E-state index >= 15 is 0 Å². The molecule has 0 saturated heterocycles. The number of fused-ring (bicyclic) bond motifs is 1. The van der Waals surface area contributed by atoms with Crippen molar-refractivity contribution in [2.75, 3.05) is 5.32 Å². The van der Waals surface area contributed by atoms with Crippen molar-refractivity contribution >= 4 is 22.8 Å². The maximum absolute atomic E-state index is 11.7. The number of carboxylic acids is 1. The lowest BCUT2D eigenvalue weighted by atomic mass is 10.1. The van der Waals surface area contributed by atoms with Crippen molar-refractivity contribution in [2.45, 2.75) is 52.0 Å². The van der Waals surface area contributed by atoms with Crippen molar-refractivity contribution in [1.82, 2.24) is 15.0 Å². The minimum atomic E-state index is -0.892. The van der Waals surface area contributed by atoms with Crippen LogP contribution in [0.15, 0.2) is 24.3 Å². The molecule has 6 nitrogen and oxygen atoms in total. The second-order valence-electron chi connectivity index (χ2n) is 8.30. The number of nitrogens with zero attached hydrogens (tertiary/aromatic N) is 2. The molecule has 1 aliphatic rings. The molecule has 1 saturated carbocycles. The molecule has 2 aromatic heterocycles. The molecule has 2 heterocycles. The number of aromatic amines is 1. The summed E-state index contributed by atoms with van der Waals surface area (Å²) >= 11 is 0. The number of benzene rings is 1. The third-order valence-electron chi connectivity index (χ3n) is 4.72. The van der Waals surface area contributed by atoms with Crippen molar-refractivity contribution < 1.29 is 9.90 Å². The highest BCUT2D eigenvalue weighted by Crippen LogP contribution is 2.43. The molecule has 27 heavy (non-hydrogen) atoms. The number of carboxylic acid groups (broad SMARTS) is 1. The first-order valence-electron chi connectivity index (χ1n) is 9.25. The van der Waals surface area contributed by atoms with Crippen LogP contribution < -0.4 is 5.32 Å². The van der Waals surface area contributed by atoms with E-state index in [-0.39, 0.29) is 5.54 Å². The SMILES string of the molecule is Cc1nc2cccc(-c3cc(C(=O)O)c(C4CC4)[nH]3)c2nc1NC(C)(C)C. The summed E-state index contributed by atoms with van der Waals surface area (Å²) < 4.78 is 0. The van der Waals surface area contributed by atoms with Gasteiger partial charge in [-0.1, -0.05) is 12.1 Å². The van der Waals surface area contributed by atoms with Gasteiger partial charge in [0.2, 0.25) is 0 Å². The van der Waals surface area contributed by atoms with Crippen LogP contribution >= 0.6 is 0 Å². The fourth-order valence-corrected chi connectivity index (χ4v) is 3.34. The molecule has 1 aromatic carbocycles. The van der Waals surface area contributed by atoms with Gasteiger partial charge in [-0.25, -0.2) is 14.8 Å². The molecule has 4 rings (SSSR count). The number of aromatic nitrogens is 3. The zero-order chi connectivity index (χ0) is 19.3. The van der Waals surface area contributed by atoms with Crippen molar-refractivity contribution in [3.05, 3.63) is 41.2 Å². The van der Waals surface area contributed by atoms with E-state index in [2.05, 4.69) is 31.1 Å². The van der Waals surface area contributed by atoms with Gasteiger partial charge in [0.05, 0.1) is 16.8 Å². The Morgan fingerprint density at radius 2 is 2.00 bits per heavy atom. The van der Waals surface area contributed by atoms with Crippen molar-refractivity contribution in [3.63, 3.8) is 0 Å². The van der Waals surface area contributed by atoms with Crippen LogP contribution in [0.3, 0.4) is 0 Å². The molecule has 0 atom stereocenters. The number of aryl methyl sites for hydroxylation is 1. The van der Waals surface area contributed by atoms with E-state index in [1.165, 1.54) is 0 Å². The summed E-state index contributed by atoms with van der Waals surface area (Å²) in [5, 5.41) is 13.0. The van der Waals surface area contributed by atoms with Gasteiger partial charge < -0.3 is 15.4 Å². The van der Waals surface area contributed by atoms with Gasteiger partial charge in [0.15, 0.2) is 0 Å². The fraction of sp³-hybridized carbons (Fsp3) is 0.381. The zero-order valence-corrected chi connectivity index (χ0v) is 16.1. The topological polar surface area (TPSA) is 90.9 Å². The van der Waals surface area contributed by atoms with Crippen LogP contribution in [0.4, 0.5) is 5.82 Å². The van der Waals surface area contributed by atoms with E-state index < -0.39 is 5.97 Å². The van der Waals surface area contributed by atoms with E-state index in [4.69, 9.17) is 9.97 Å². The molecule has 1 fully saturated rings. The molecule has 0 aliphatic heterocycles. The molecular formula is C21H24N4O2. The Labute approximate surface area is 158 Å². The van der Waals surface area contributed by atoms with Crippen LogP contribution in [0, 0.1) is 6.92 Å². The summed E-state index contributed by atoms with van der Waals surface area (Å²) in [5.74, 6) is 0.179. The van der Waals surface area contributed by atoms with E-state index in [0.29, 0.717) is 11.5 Å². The average Bonchev–Trinajstić information content (AvgIpc) is 3.32. The predicted octanol–water partition coefficient (Wildman–Crippen LogP) is 4.72. The lowest BCUT2D eigenvalue weighted by Gasteiger charge is -2.22. The minimum Gasteiger partial charge on any atom is -0.478 e. The van der Waals surface area contributed by atoms with Gasteiger partial charge in [0.25, 0.3) is 0 Å². The molecule has 0 unspecified atom stereocenters. The molecule has 6 heteroatoms. The van der Waals surface area contributed by atoms with Gasteiger partial charge in [0.1, 0.15) is 11.3 Å². The van der Waals surface area contributed by atoms with Gasteiger partial charge in [0, 0.05) is 22.5 Å². The van der Waals surface area contributed by atoms with Crippen LogP contribution in [-0.4, -0.2) is 31.6 Å². The van der Waals surface area contributed by atoms with Crippen molar-refractivity contribution in [1.29, 1.82) is 0 Å². The lowest BCUT2D eigenvalue weighted by molar-refractivity contribution is 0.0696. The zero-order valence-electron chi connectivity index (χ0n) is 16.1. The van der Waals surface area contributed by atoms with Crippen LogP contribution in [0.25, 0.3) is 22.3 Å². The molecule has 0 radical (unpaired) electrons. The Bertz CT molecular complexity index is 1040. The number of rotatable bonds is 4. The molecule has 1 aliphatic carbocycles. The normalized spacial score (nSPS) is 14.5. The van der Waals surface area contributed by atoms with Crippen LogP contribution in [-0.2, 0) is 0 Å². The van der Waals surface area contributed by atoms with E-state index in [1.807, 2.05) is 25.1 Å². The van der Waals surface area contributed by atoms with Gasteiger partial charge >= 0.3 is 5.97 Å². The predicted molar refractivity (Wildman–Crippen MR) is 106 cm³/mol. The average molecular weight is 364 g/mol. The quantitative estimate of drug-likeness (QED) is 0.623. The number of H-pyrrole nitrogens is 1. The van der Waals surface area contributed by atoms with Gasteiger partial charge in [-0.2, -0.15) is 0 Å². The van der Waals surface area contributed by atoms with E-state index in [9.17, 15) is 9.90 Å². The first kappa shape index (κ1) is 17.5. The fourth-order valence-electron chi connectivity index (χ4n) is 3.34. The summed E-state index contributed by atoms with van der Waals surface area (Å²) in [4.78, 5) is 24.5. The lowest BCUT2D eigenvalue weighted by Crippen LogP contribution is -2.27. The maximum atomic E-state index is 11.7. The number of para-hydroxylation sites is 1. The number of hydrogen-bond donors (Lipinski definition) is 3. The first-order chi connectivity index (χ1) is 12.7. The highest BCUT2D eigenvalue weighted by Gasteiger charge is 2.30. The van der Waals surface area contributed by atoms with Gasteiger partial charge in [-0.15, -0.1) is 0 Å².